The lowest BCUT2D eigenvalue weighted by Gasteiger charge is -2.14. The van der Waals surface area contributed by atoms with E-state index in [-0.39, 0.29) is 12.2 Å². The van der Waals surface area contributed by atoms with Crippen molar-refractivity contribution in [3.05, 3.63) is 55.9 Å². The first kappa shape index (κ1) is 19.1. The number of rotatable bonds is 5. The molecular weight excluding hydrogens is 364 g/mol. The molecule has 0 aliphatic carbocycles. The number of H-pyrrole nitrogens is 1. The highest BCUT2D eigenvalue weighted by Crippen LogP contribution is 2.27. The maximum atomic E-state index is 12.3. The molecule has 3 aromatic rings. The molecule has 0 saturated heterocycles. The van der Waals surface area contributed by atoms with Crippen LogP contribution in [0.4, 0.5) is 0 Å². The van der Waals surface area contributed by atoms with Crippen LogP contribution in [-0.4, -0.2) is 22.5 Å². The molecule has 0 aliphatic rings. The molecule has 0 spiro atoms. The van der Waals surface area contributed by atoms with Gasteiger partial charge in [-0.2, -0.15) is 0 Å². The monoisotopic (exact) mass is 386 g/mol. The van der Waals surface area contributed by atoms with Gasteiger partial charge in [-0.1, -0.05) is 12.1 Å². The number of benzene rings is 1. The number of fused-ring (bicyclic) bond motifs is 1. The van der Waals surface area contributed by atoms with Crippen LogP contribution in [0.25, 0.3) is 10.2 Å². The van der Waals surface area contributed by atoms with Crippen LogP contribution in [-0.2, 0) is 9.53 Å². The van der Waals surface area contributed by atoms with Gasteiger partial charge in [0.05, 0.1) is 5.39 Å². The van der Waals surface area contributed by atoms with E-state index < -0.39 is 12.1 Å². The summed E-state index contributed by atoms with van der Waals surface area (Å²) >= 11 is 1.46. The molecule has 1 atom stereocenters. The number of carbonyl (C=O) groups excluding carboxylic acids is 1. The lowest BCUT2D eigenvalue weighted by Crippen LogP contribution is -2.20. The lowest BCUT2D eigenvalue weighted by molar-refractivity contribution is -0.151. The Balaban J connectivity index is 1.70. The van der Waals surface area contributed by atoms with E-state index in [1.807, 2.05) is 45.9 Å². The molecule has 2 heterocycles. The molecule has 1 aromatic carbocycles. The third-order valence-corrected chi connectivity index (χ3v) is 5.54. The highest BCUT2D eigenvalue weighted by atomic mass is 32.1. The molecule has 0 radical (unpaired) electrons. The van der Waals surface area contributed by atoms with Crippen molar-refractivity contribution in [2.75, 3.05) is 6.61 Å². The van der Waals surface area contributed by atoms with Crippen molar-refractivity contribution in [3.8, 4) is 5.75 Å². The number of aromatic amines is 1. The van der Waals surface area contributed by atoms with E-state index in [2.05, 4.69) is 9.97 Å². The molecule has 2 aromatic heterocycles. The minimum atomic E-state index is -0.681. The molecule has 1 unspecified atom stereocenters. The van der Waals surface area contributed by atoms with Crippen LogP contribution in [0.15, 0.2) is 23.0 Å². The van der Waals surface area contributed by atoms with Crippen LogP contribution in [0, 0.1) is 27.7 Å². The second-order valence-electron chi connectivity index (χ2n) is 6.60. The zero-order chi connectivity index (χ0) is 19.7. The molecule has 1 N–H and O–H groups in total. The van der Waals surface area contributed by atoms with Crippen molar-refractivity contribution >= 4 is 27.5 Å². The SMILES string of the molecule is Cc1ccc(C)c(OCC(=O)OC(C)c2nc3sc(C)c(C)c3c(=O)[nH]2)c1. The van der Waals surface area contributed by atoms with Gasteiger partial charge in [-0.25, -0.2) is 9.78 Å². The third kappa shape index (κ3) is 4.03. The molecule has 142 valence electrons. The maximum absolute atomic E-state index is 12.3. The van der Waals surface area contributed by atoms with Gasteiger partial charge in [0.1, 0.15) is 10.6 Å². The number of ether oxygens (including phenoxy) is 2. The molecule has 0 amide bonds. The quantitative estimate of drug-likeness (QED) is 0.673. The van der Waals surface area contributed by atoms with Crippen LogP contribution in [0.2, 0.25) is 0 Å². The first-order chi connectivity index (χ1) is 12.8. The van der Waals surface area contributed by atoms with Crippen molar-refractivity contribution < 1.29 is 14.3 Å². The Morgan fingerprint density at radius 1 is 1.26 bits per heavy atom. The highest BCUT2D eigenvalue weighted by molar-refractivity contribution is 7.18. The number of hydrogen-bond acceptors (Lipinski definition) is 6. The van der Waals surface area contributed by atoms with Gasteiger partial charge in [0.15, 0.2) is 18.5 Å². The largest absolute Gasteiger partial charge is 0.482 e. The summed E-state index contributed by atoms with van der Waals surface area (Å²) in [5.74, 6) is 0.454. The Morgan fingerprint density at radius 3 is 2.74 bits per heavy atom. The molecule has 3 rings (SSSR count). The van der Waals surface area contributed by atoms with E-state index in [0.29, 0.717) is 21.8 Å². The number of carbonyl (C=O) groups is 1. The number of nitrogens with one attached hydrogen (secondary N) is 1. The first-order valence-corrected chi connectivity index (χ1v) is 9.47. The predicted octanol–water partition coefficient (Wildman–Crippen LogP) is 3.90. The summed E-state index contributed by atoms with van der Waals surface area (Å²) in [5, 5.41) is 0.595. The van der Waals surface area contributed by atoms with Crippen LogP contribution < -0.4 is 10.3 Å². The van der Waals surface area contributed by atoms with Gasteiger partial charge in [0, 0.05) is 4.88 Å². The summed E-state index contributed by atoms with van der Waals surface area (Å²) in [4.78, 5) is 33.4. The van der Waals surface area contributed by atoms with E-state index >= 15 is 0 Å². The molecule has 27 heavy (non-hydrogen) atoms. The standard InChI is InChI=1S/C20H22N2O4S/c1-10-6-7-11(2)15(8-10)25-9-16(23)26-13(4)18-21-19(24)17-12(3)14(5)27-20(17)22-18/h6-8,13H,9H2,1-5H3,(H,21,22,24). The minimum Gasteiger partial charge on any atom is -0.482 e. The van der Waals surface area contributed by atoms with Gasteiger partial charge < -0.3 is 14.5 Å². The van der Waals surface area contributed by atoms with Gasteiger partial charge in [-0.15, -0.1) is 11.3 Å². The summed E-state index contributed by atoms with van der Waals surface area (Å²) in [6.45, 7) is 9.19. The summed E-state index contributed by atoms with van der Waals surface area (Å²) in [7, 11) is 0. The Labute approximate surface area is 161 Å². The number of nitrogens with zero attached hydrogens (tertiary/aromatic N) is 1. The van der Waals surface area contributed by atoms with Crippen molar-refractivity contribution in [3.63, 3.8) is 0 Å². The molecular formula is C20H22N2O4S. The average Bonchev–Trinajstić information content (AvgIpc) is 2.90. The Kier molecular flexibility index (Phi) is 5.32. The smallest absolute Gasteiger partial charge is 0.344 e. The Hall–Kier alpha value is -2.67. The predicted molar refractivity (Wildman–Crippen MR) is 106 cm³/mol. The number of hydrogen-bond donors (Lipinski definition) is 1. The fourth-order valence-electron chi connectivity index (χ4n) is 2.75. The number of esters is 1. The van der Waals surface area contributed by atoms with E-state index in [0.717, 1.165) is 21.6 Å². The third-order valence-electron chi connectivity index (χ3n) is 4.44. The van der Waals surface area contributed by atoms with E-state index in [9.17, 15) is 9.59 Å². The fourth-order valence-corrected chi connectivity index (χ4v) is 3.79. The van der Waals surface area contributed by atoms with E-state index in [4.69, 9.17) is 9.47 Å². The average molecular weight is 386 g/mol. The van der Waals surface area contributed by atoms with Crippen LogP contribution in [0.3, 0.4) is 0 Å². The van der Waals surface area contributed by atoms with E-state index in [1.54, 1.807) is 6.92 Å². The van der Waals surface area contributed by atoms with Crippen molar-refractivity contribution in [2.24, 2.45) is 0 Å². The summed E-state index contributed by atoms with van der Waals surface area (Å²) in [5.41, 5.74) is 2.71. The van der Waals surface area contributed by atoms with Crippen LogP contribution >= 0.6 is 11.3 Å². The Morgan fingerprint density at radius 2 is 2.00 bits per heavy atom. The highest BCUT2D eigenvalue weighted by Gasteiger charge is 2.18. The van der Waals surface area contributed by atoms with Gasteiger partial charge in [-0.05, 0) is 57.4 Å². The fraction of sp³-hybridized carbons (Fsp3) is 0.350. The number of aryl methyl sites for hydroxylation is 4. The van der Waals surface area contributed by atoms with Crippen molar-refractivity contribution in [1.29, 1.82) is 0 Å². The minimum absolute atomic E-state index is 0.210. The topological polar surface area (TPSA) is 81.3 Å². The van der Waals surface area contributed by atoms with Gasteiger partial charge in [0.25, 0.3) is 5.56 Å². The maximum Gasteiger partial charge on any atom is 0.344 e. The second-order valence-corrected chi connectivity index (χ2v) is 7.81. The van der Waals surface area contributed by atoms with Gasteiger partial charge in [-0.3, -0.25) is 4.79 Å². The lowest BCUT2D eigenvalue weighted by atomic mass is 10.1. The number of aromatic nitrogens is 2. The normalized spacial score (nSPS) is 12.2. The molecule has 7 heteroatoms. The molecule has 0 aliphatic heterocycles. The Bertz CT molecular complexity index is 1070. The first-order valence-electron chi connectivity index (χ1n) is 8.65. The van der Waals surface area contributed by atoms with Crippen molar-refractivity contribution in [1.82, 2.24) is 9.97 Å². The molecule has 0 fully saturated rings. The summed E-state index contributed by atoms with van der Waals surface area (Å²) in [6.07, 6.45) is -0.681. The van der Waals surface area contributed by atoms with Gasteiger partial charge in [0.2, 0.25) is 0 Å². The van der Waals surface area contributed by atoms with Crippen molar-refractivity contribution in [2.45, 2.75) is 40.7 Å². The summed E-state index contributed by atoms with van der Waals surface area (Å²) in [6, 6.07) is 5.79. The summed E-state index contributed by atoms with van der Waals surface area (Å²) < 4.78 is 10.9. The second kappa shape index (κ2) is 7.52. The molecule has 0 saturated carbocycles. The zero-order valence-electron chi connectivity index (χ0n) is 16.0. The van der Waals surface area contributed by atoms with Crippen LogP contribution in [0.1, 0.15) is 40.4 Å². The van der Waals surface area contributed by atoms with Gasteiger partial charge >= 0.3 is 5.97 Å². The van der Waals surface area contributed by atoms with E-state index in [1.165, 1.54) is 11.3 Å². The number of thiophene rings is 1. The molecule has 0 bridgehead atoms. The van der Waals surface area contributed by atoms with Crippen LogP contribution in [0.5, 0.6) is 5.75 Å². The molecule has 6 nitrogen and oxygen atoms in total. The zero-order valence-corrected chi connectivity index (χ0v) is 16.8.